The van der Waals surface area contributed by atoms with Crippen molar-refractivity contribution in [3.63, 3.8) is 0 Å². The van der Waals surface area contributed by atoms with E-state index < -0.39 is 0 Å². The van der Waals surface area contributed by atoms with Crippen molar-refractivity contribution in [3.05, 3.63) is 48.1 Å². The molecule has 2 aromatic heterocycles. The number of carbonyl (C=O) groups excluding carboxylic acids is 1. The maximum atomic E-state index is 12.7. The fourth-order valence-corrected chi connectivity index (χ4v) is 2.92. The second-order valence-electron chi connectivity index (χ2n) is 5.74. The van der Waals surface area contributed by atoms with E-state index in [-0.39, 0.29) is 5.91 Å². The Morgan fingerprint density at radius 2 is 1.88 bits per heavy atom. The lowest BCUT2D eigenvalue weighted by atomic mass is 10.1. The fraction of sp³-hybridized carbons (Fsp3) is 0.294. The van der Waals surface area contributed by atoms with E-state index in [9.17, 15) is 4.79 Å². The summed E-state index contributed by atoms with van der Waals surface area (Å²) in [5.74, 6) is 1.33. The predicted molar refractivity (Wildman–Crippen MR) is 88.9 cm³/mol. The average molecular weight is 323 g/mol. The topological polar surface area (TPSA) is 75.4 Å². The van der Waals surface area contributed by atoms with E-state index >= 15 is 0 Å². The summed E-state index contributed by atoms with van der Waals surface area (Å²) in [6.07, 6.45) is 3.46. The number of benzene rings is 1. The normalized spacial score (nSPS) is 15.0. The highest BCUT2D eigenvalue weighted by Crippen LogP contribution is 2.19. The van der Waals surface area contributed by atoms with Gasteiger partial charge in [0.1, 0.15) is 5.52 Å². The molecule has 1 aliphatic rings. The van der Waals surface area contributed by atoms with Crippen LogP contribution in [0.4, 0.5) is 5.95 Å². The molecule has 7 heteroatoms. The largest absolute Gasteiger partial charge is 0.441 e. The van der Waals surface area contributed by atoms with Crippen molar-refractivity contribution >= 4 is 23.0 Å². The number of aromatic nitrogens is 3. The lowest BCUT2D eigenvalue weighted by molar-refractivity contribution is 0.0746. The summed E-state index contributed by atoms with van der Waals surface area (Å²) in [7, 11) is 0. The van der Waals surface area contributed by atoms with Gasteiger partial charge in [0.2, 0.25) is 5.95 Å². The summed E-state index contributed by atoms with van der Waals surface area (Å²) >= 11 is 0. The molecule has 0 radical (unpaired) electrons. The van der Waals surface area contributed by atoms with Crippen molar-refractivity contribution < 1.29 is 9.21 Å². The summed E-state index contributed by atoms with van der Waals surface area (Å²) in [5.41, 5.74) is 2.06. The minimum absolute atomic E-state index is 0.0196. The van der Waals surface area contributed by atoms with Crippen molar-refractivity contribution in [2.75, 3.05) is 31.1 Å². The highest BCUT2D eigenvalue weighted by atomic mass is 16.3. The minimum atomic E-state index is 0.0196. The molecule has 7 nitrogen and oxygen atoms in total. The van der Waals surface area contributed by atoms with Gasteiger partial charge in [0, 0.05) is 51.1 Å². The van der Waals surface area contributed by atoms with Crippen LogP contribution in [-0.2, 0) is 0 Å². The van der Waals surface area contributed by atoms with Gasteiger partial charge in [0.25, 0.3) is 5.91 Å². The standard InChI is InChI=1S/C17H17N5O2/c1-12-20-14-11-13(3-4-15(14)24-12)16(23)21-7-9-22(10-8-21)17-18-5-2-6-19-17/h2-6,11H,7-10H2,1H3. The number of hydrogen-bond donors (Lipinski definition) is 0. The first-order valence-corrected chi connectivity index (χ1v) is 7.89. The number of nitrogens with zero attached hydrogens (tertiary/aromatic N) is 5. The van der Waals surface area contributed by atoms with Crippen molar-refractivity contribution in [3.8, 4) is 0 Å². The summed E-state index contributed by atoms with van der Waals surface area (Å²) in [5, 5.41) is 0. The number of hydrogen-bond acceptors (Lipinski definition) is 6. The van der Waals surface area contributed by atoms with E-state index in [2.05, 4.69) is 19.9 Å². The second kappa shape index (κ2) is 5.92. The highest BCUT2D eigenvalue weighted by Gasteiger charge is 2.23. The molecule has 1 saturated heterocycles. The Morgan fingerprint density at radius 3 is 2.62 bits per heavy atom. The molecule has 0 saturated carbocycles. The molecular weight excluding hydrogens is 306 g/mol. The van der Waals surface area contributed by atoms with Crippen molar-refractivity contribution in [2.45, 2.75) is 6.92 Å². The van der Waals surface area contributed by atoms with E-state index in [1.54, 1.807) is 43.6 Å². The smallest absolute Gasteiger partial charge is 0.254 e. The maximum absolute atomic E-state index is 12.7. The third-order valence-electron chi connectivity index (χ3n) is 4.14. The number of anilines is 1. The van der Waals surface area contributed by atoms with Gasteiger partial charge >= 0.3 is 0 Å². The third kappa shape index (κ3) is 2.68. The van der Waals surface area contributed by atoms with Gasteiger partial charge in [-0.25, -0.2) is 15.0 Å². The Hall–Kier alpha value is -2.96. The molecule has 0 N–H and O–H groups in total. The first kappa shape index (κ1) is 14.6. The molecule has 1 aromatic carbocycles. The molecule has 0 spiro atoms. The molecular formula is C17H17N5O2. The number of piperazine rings is 1. The van der Waals surface area contributed by atoms with E-state index in [4.69, 9.17) is 4.42 Å². The molecule has 0 bridgehead atoms. The van der Waals surface area contributed by atoms with E-state index in [1.165, 1.54) is 0 Å². The molecule has 1 aliphatic heterocycles. The highest BCUT2D eigenvalue weighted by molar-refractivity contribution is 5.97. The van der Waals surface area contributed by atoms with Gasteiger partial charge in [0.15, 0.2) is 11.5 Å². The number of fused-ring (bicyclic) bond motifs is 1. The number of rotatable bonds is 2. The van der Waals surface area contributed by atoms with Crippen LogP contribution in [0.25, 0.3) is 11.1 Å². The van der Waals surface area contributed by atoms with Crippen LogP contribution in [0.5, 0.6) is 0 Å². The average Bonchev–Trinajstić information content (AvgIpc) is 3.01. The van der Waals surface area contributed by atoms with Crippen LogP contribution in [0.1, 0.15) is 16.2 Å². The summed E-state index contributed by atoms with van der Waals surface area (Å²) in [4.78, 5) is 29.5. The first-order chi connectivity index (χ1) is 11.7. The molecule has 4 rings (SSSR count). The number of aryl methyl sites for hydroxylation is 1. The molecule has 122 valence electrons. The quantitative estimate of drug-likeness (QED) is 0.717. The Labute approximate surface area is 138 Å². The maximum Gasteiger partial charge on any atom is 0.254 e. The first-order valence-electron chi connectivity index (χ1n) is 7.89. The predicted octanol–water partition coefficient (Wildman–Crippen LogP) is 1.89. The number of carbonyl (C=O) groups is 1. The lowest BCUT2D eigenvalue weighted by Crippen LogP contribution is -2.49. The summed E-state index contributed by atoms with van der Waals surface area (Å²) in [6, 6.07) is 7.18. The fourth-order valence-electron chi connectivity index (χ4n) is 2.92. The van der Waals surface area contributed by atoms with E-state index in [0.717, 1.165) is 18.6 Å². The van der Waals surface area contributed by atoms with Crippen molar-refractivity contribution in [2.24, 2.45) is 0 Å². The Bertz CT molecular complexity index is 869. The van der Waals surface area contributed by atoms with Gasteiger partial charge in [0.05, 0.1) is 0 Å². The van der Waals surface area contributed by atoms with Gasteiger partial charge in [-0.3, -0.25) is 4.79 Å². The number of amides is 1. The van der Waals surface area contributed by atoms with Gasteiger partial charge in [-0.1, -0.05) is 0 Å². The van der Waals surface area contributed by atoms with E-state index in [1.807, 2.05) is 4.90 Å². The molecule has 1 fully saturated rings. The zero-order valence-corrected chi connectivity index (χ0v) is 13.3. The summed E-state index contributed by atoms with van der Waals surface area (Å²) < 4.78 is 5.45. The van der Waals surface area contributed by atoms with Crippen LogP contribution < -0.4 is 4.90 Å². The van der Waals surface area contributed by atoms with Crippen LogP contribution in [0.2, 0.25) is 0 Å². The molecule has 3 aromatic rings. The van der Waals surface area contributed by atoms with Crippen LogP contribution in [0.3, 0.4) is 0 Å². The SMILES string of the molecule is Cc1nc2cc(C(=O)N3CCN(c4ncccn4)CC3)ccc2o1. The van der Waals surface area contributed by atoms with Crippen LogP contribution >= 0.6 is 0 Å². The zero-order valence-electron chi connectivity index (χ0n) is 13.3. The van der Waals surface area contributed by atoms with Gasteiger partial charge in [-0.2, -0.15) is 0 Å². The van der Waals surface area contributed by atoms with E-state index in [0.29, 0.717) is 36.1 Å². The Morgan fingerprint density at radius 1 is 1.12 bits per heavy atom. The van der Waals surface area contributed by atoms with Crippen LogP contribution in [0.15, 0.2) is 41.1 Å². The van der Waals surface area contributed by atoms with Crippen molar-refractivity contribution in [1.82, 2.24) is 19.9 Å². The van der Waals surface area contributed by atoms with Gasteiger partial charge in [-0.15, -0.1) is 0 Å². The van der Waals surface area contributed by atoms with Crippen molar-refractivity contribution in [1.29, 1.82) is 0 Å². The number of oxazole rings is 1. The summed E-state index contributed by atoms with van der Waals surface area (Å²) in [6.45, 7) is 4.54. The monoisotopic (exact) mass is 323 g/mol. The molecule has 0 aliphatic carbocycles. The zero-order chi connectivity index (χ0) is 16.5. The third-order valence-corrected chi connectivity index (χ3v) is 4.14. The minimum Gasteiger partial charge on any atom is -0.441 e. The second-order valence-corrected chi connectivity index (χ2v) is 5.74. The van der Waals surface area contributed by atoms with Crippen LogP contribution in [-0.4, -0.2) is 51.9 Å². The van der Waals surface area contributed by atoms with Gasteiger partial charge < -0.3 is 14.2 Å². The Kier molecular flexibility index (Phi) is 3.60. The molecule has 0 unspecified atom stereocenters. The van der Waals surface area contributed by atoms with Crippen LogP contribution in [0, 0.1) is 6.92 Å². The van der Waals surface area contributed by atoms with Gasteiger partial charge in [-0.05, 0) is 24.3 Å². The Balaban J connectivity index is 1.47. The lowest BCUT2D eigenvalue weighted by Gasteiger charge is -2.34. The molecule has 3 heterocycles. The molecule has 24 heavy (non-hydrogen) atoms. The molecule has 1 amide bonds. The molecule has 0 atom stereocenters.